The van der Waals surface area contributed by atoms with Crippen LogP contribution in [-0.4, -0.2) is 82.4 Å². The van der Waals surface area contributed by atoms with Crippen LogP contribution in [0.25, 0.3) is 0 Å². The second kappa shape index (κ2) is 6.10. The average Bonchev–Trinajstić information content (AvgIpc) is 3.04. The van der Waals surface area contributed by atoms with E-state index >= 15 is 0 Å². The summed E-state index contributed by atoms with van der Waals surface area (Å²) in [6.45, 7) is 0.536. The van der Waals surface area contributed by atoms with Crippen molar-refractivity contribution in [1.82, 2.24) is 25.1 Å². The summed E-state index contributed by atoms with van der Waals surface area (Å²) in [5.74, 6) is 0.248. The largest absolute Gasteiger partial charge is 0.420 e. The molecule has 3 fully saturated rings. The molecule has 2 bridgehead atoms. The van der Waals surface area contributed by atoms with Gasteiger partial charge in [0.25, 0.3) is 0 Å². The Hall–Kier alpha value is -1.80. The summed E-state index contributed by atoms with van der Waals surface area (Å²) in [6.07, 6.45) is 1.15. The SMILES string of the molecule is CN(C)C[C@H](O)c1nnc(C2CC3(CC3)[C@@H]3CN2C(=O)N3OS(=O)(=O)O)o1. The lowest BCUT2D eigenvalue weighted by Crippen LogP contribution is -2.43. The molecule has 3 atom stereocenters. The molecule has 2 N–H and O–H groups in total. The zero-order valence-corrected chi connectivity index (χ0v) is 15.7. The molecule has 1 spiro atoms. The number of fused-ring (bicyclic) bond motifs is 3. The summed E-state index contributed by atoms with van der Waals surface area (Å²) < 4.78 is 41.4. The first kappa shape index (κ1) is 18.6. The first-order valence-corrected chi connectivity index (χ1v) is 9.89. The minimum Gasteiger partial charge on any atom is -0.420 e. The van der Waals surface area contributed by atoms with Crippen LogP contribution in [0.2, 0.25) is 0 Å². The van der Waals surface area contributed by atoms with E-state index in [2.05, 4.69) is 14.5 Å². The van der Waals surface area contributed by atoms with Crippen LogP contribution in [0.4, 0.5) is 4.79 Å². The molecular formula is C14H21N5O7S. The number of rotatable bonds is 6. The van der Waals surface area contributed by atoms with Crippen LogP contribution in [0.3, 0.4) is 0 Å². The number of aliphatic hydroxyl groups is 1. The topological polar surface area (TPSA) is 150 Å². The molecule has 27 heavy (non-hydrogen) atoms. The molecule has 2 saturated heterocycles. The van der Waals surface area contributed by atoms with Gasteiger partial charge in [-0.1, -0.05) is 0 Å². The Labute approximate surface area is 155 Å². The predicted octanol–water partition coefficient (Wildman–Crippen LogP) is -0.270. The van der Waals surface area contributed by atoms with E-state index in [0.29, 0.717) is 13.0 Å². The summed E-state index contributed by atoms with van der Waals surface area (Å²) in [6, 6.07) is -1.69. The van der Waals surface area contributed by atoms with E-state index in [-0.39, 0.29) is 23.7 Å². The number of urea groups is 1. The van der Waals surface area contributed by atoms with E-state index in [4.69, 9.17) is 8.97 Å². The Morgan fingerprint density at radius 3 is 2.70 bits per heavy atom. The van der Waals surface area contributed by atoms with Crippen LogP contribution in [0, 0.1) is 5.41 Å². The number of nitrogens with zero attached hydrogens (tertiary/aromatic N) is 5. The molecule has 1 aromatic heterocycles. The monoisotopic (exact) mass is 403 g/mol. The van der Waals surface area contributed by atoms with Crippen LogP contribution in [0.5, 0.6) is 0 Å². The summed E-state index contributed by atoms with van der Waals surface area (Å²) in [7, 11) is -1.22. The molecular weight excluding hydrogens is 382 g/mol. The quantitative estimate of drug-likeness (QED) is 0.608. The van der Waals surface area contributed by atoms with Crippen LogP contribution in [-0.2, 0) is 14.7 Å². The highest BCUT2D eigenvalue weighted by Crippen LogP contribution is 2.61. The van der Waals surface area contributed by atoms with Gasteiger partial charge in [-0.15, -0.1) is 14.5 Å². The van der Waals surface area contributed by atoms with E-state index in [0.717, 1.165) is 17.9 Å². The van der Waals surface area contributed by atoms with Gasteiger partial charge >= 0.3 is 16.4 Å². The molecule has 3 aliphatic rings. The zero-order chi connectivity index (χ0) is 19.6. The summed E-state index contributed by atoms with van der Waals surface area (Å²) in [5.41, 5.74) is -0.311. The van der Waals surface area contributed by atoms with Crippen LogP contribution >= 0.6 is 0 Å². The summed E-state index contributed by atoms with van der Waals surface area (Å²) in [5, 5.41) is 18.7. The lowest BCUT2D eigenvalue weighted by molar-refractivity contribution is -0.0530. The number of amides is 2. The van der Waals surface area contributed by atoms with Gasteiger partial charge in [0.1, 0.15) is 12.1 Å². The lowest BCUT2D eigenvalue weighted by atomic mass is 9.85. The number of hydrogen-bond donors (Lipinski definition) is 2. The standard InChI is InChI=1S/C14H21N5O7S/c1-17(2)6-9(20)12-16-15-11(25-12)8-5-14(3-4-14)10-7-18(8)13(21)19(10)26-27(22,23)24/h8-10,20H,3-7H2,1-2H3,(H,22,23,24)/t8?,9-,10-/m0/s1. The molecule has 0 radical (unpaired) electrons. The summed E-state index contributed by atoms with van der Waals surface area (Å²) >= 11 is 0. The fraction of sp³-hybridized carbons (Fsp3) is 0.786. The van der Waals surface area contributed by atoms with Crippen molar-refractivity contribution < 1.29 is 31.6 Å². The van der Waals surface area contributed by atoms with Gasteiger partial charge in [0.2, 0.25) is 11.8 Å². The molecule has 12 nitrogen and oxygen atoms in total. The number of hydroxylamine groups is 2. The van der Waals surface area contributed by atoms with Gasteiger partial charge in [0.15, 0.2) is 0 Å². The minimum atomic E-state index is -4.81. The third kappa shape index (κ3) is 3.29. The number of hydrogen-bond acceptors (Lipinski definition) is 9. The lowest BCUT2D eigenvalue weighted by Gasteiger charge is -2.34. The van der Waals surface area contributed by atoms with Crippen molar-refractivity contribution in [1.29, 1.82) is 0 Å². The summed E-state index contributed by atoms with van der Waals surface area (Å²) in [4.78, 5) is 15.8. The van der Waals surface area contributed by atoms with Gasteiger partial charge < -0.3 is 19.3 Å². The van der Waals surface area contributed by atoms with Gasteiger partial charge in [0, 0.05) is 13.1 Å². The van der Waals surface area contributed by atoms with E-state index in [1.54, 1.807) is 19.0 Å². The van der Waals surface area contributed by atoms with Crippen LogP contribution in [0.15, 0.2) is 4.42 Å². The van der Waals surface area contributed by atoms with Crippen molar-refractivity contribution >= 4 is 16.4 Å². The molecule has 0 aromatic carbocycles. The van der Waals surface area contributed by atoms with Crippen molar-refractivity contribution in [2.45, 2.75) is 37.5 Å². The van der Waals surface area contributed by atoms with Crippen LogP contribution in [0.1, 0.15) is 43.2 Å². The van der Waals surface area contributed by atoms with Crippen molar-refractivity contribution in [3.05, 3.63) is 11.8 Å². The fourth-order valence-electron chi connectivity index (χ4n) is 3.98. The number of likely N-dealkylation sites (N-methyl/N-ethyl adjacent to an activating group) is 1. The van der Waals surface area contributed by atoms with E-state index < -0.39 is 34.6 Å². The molecule has 150 valence electrons. The van der Waals surface area contributed by atoms with Crippen molar-refractivity contribution in [2.75, 3.05) is 27.2 Å². The van der Waals surface area contributed by atoms with Gasteiger partial charge in [-0.2, -0.15) is 13.5 Å². The molecule has 1 saturated carbocycles. The highest BCUT2D eigenvalue weighted by Gasteiger charge is 2.64. The second-order valence-corrected chi connectivity index (χ2v) is 8.62. The van der Waals surface area contributed by atoms with Gasteiger partial charge in [-0.05, 0) is 38.8 Å². The molecule has 1 unspecified atom stereocenters. The second-order valence-electron chi connectivity index (χ2n) is 7.62. The van der Waals surface area contributed by atoms with E-state index in [1.807, 2.05) is 0 Å². The van der Waals surface area contributed by atoms with Gasteiger partial charge in [-0.25, -0.2) is 4.79 Å². The van der Waals surface area contributed by atoms with E-state index in [9.17, 15) is 18.3 Å². The first-order valence-electron chi connectivity index (χ1n) is 8.52. The molecule has 1 aliphatic carbocycles. The normalized spacial score (nSPS) is 27.7. The third-order valence-corrected chi connectivity index (χ3v) is 5.75. The Morgan fingerprint density at radius 2 is 2.11 bits per heavy atom. The Balaban J connectivity index is 1.59. The molecule has 3 heterocycles. The number of carbonyl (C=O) groups is 1. The van der Waals surface area contributed by atoms with Crippen LogP contribution < -0.4 is 0 Å². The van der Waals surface area contributed by atoms with Crippen molar-refractivity contribution in [3.8, 4) is 0 Å². The maximum atomic E-state index is 12.7. The number of aromatic nitrogens is 2. The Kier molecular flexibility index (Phi) is 4.19. The minimum absolute atomic E-state index is 0.0587. The first-order chi connectivity index (χ1) is 12.6. The fourth-order valence-corrected chi connectivity index (χ4v) is 4.35. The van der Waals surface area contributed by atoms with Crippen molar-refractivity contribution in [2.24, 2.45) is 5.41 Å². The predicted molar refractivity (Wildman–Crippen MR) is 87.2 cm³/mol. The number of carbonyl (C=O) groups excluding carboxylic acids is 1. The highest BCUT2D eigenvalue weighted by molar-refractivity contribution is 7.80. The maximum Gasteiger partial charge on any atom is 0.418 e. The molecule has 1 aromatic rings. The highest BCUT2D eigenvalue weighted by atomic mass is 32.3. The molecule has 13 heteroatoms. The van der Waals surface area contributed by atoms with E-state index in [1.165, 1.54) is 4.90 Å². The Morgan fingerprint density at radius 1 is 1.41 bits per heavy atom. The number of aliphatic hydroxyl groups excluding tert-OH is 1. The Bertz CT molecular complexity index is 852. The average molecular weight is 403 g/mol. The smallest absolute Gasteiger partial charge is 0.418 e. The molecule has 4 rings (SSSR count). The maximum absolute atomic E-state index is 12.7. The van der Waals surface area contributed by atoms with Crippen molar-refractivity contribution in [3.63, 3.8) is 0 Å². The third-order valence-electron chi connectivity index (χ3n) is 5.40. The zero-order valence-electron chi connectivity index (χ0n) is 14.8. The number of piperidine rings is 1. The molecule has 2 aliphatic heterocycles. The van der Waals surface area contributed by atoms with Gasteiger partial charge in [-0.3, -0.25) is 4.55 Å². The molecule has 2 amide bonds. The van der Waals surface area contributed by atoms with Gasteiger partial charge in [0.05, 0.1) is 6.04 Å².